The van der Waals surface area contributed by atoms with Crippen molar-refractivity contribution in [1.29, 1.82) is 0 Å². The van der Waals surface area contributed by atoms with Crippen molar-refractivity contribution in [3.63, 3.8) is 0 Å². The Morgan fingerprint density at radius 3 is 2.79 bits per heavy atom. The lowest BCUT2D eigenvalue weighted by Gasteiger charge is -2.18. The number of aromatic nitrogens is 1. The van der Waals surface area contributed by atoms with Crippen LogP contribution < -0.4 is 15.4 Å². The maximum absolute atomic E-state index is 14.4. The number of nitrogens with zero attached hydrogens (tertiary/aromatic N) is 2. The summed E-state index contributed by atoms with van der Waals surface area (Å²) in [4.78, 5) is 8.86. The molecule has 1 saturated carbocycles. The van der Waals surface area contributed by atoms with E-state index >= 15 is 0 Å². The van der Waals surface area contributed by atoms with Crippen molar-refractivity contribution in [2.75, 3.05) is 13.2 Å². The molecule has 2 aromatic rings. The van der Waals surface area contributed by atoms with Gasteiger partial charge in [0.25, 0.3) is 0 Å². The topological polar surface area (TPSA) is 71.7 Å². The molecule has 6 nitrogen and oxygen atoms in total. The molecule has 1 aliphatic carbocycles. The smallest absolute Gasteiger partial charge is 0.216 e. The van der Waals surface area contributed by atoms with Gasteiger partial charge in [0.1, 0.15) is 12.3 Å². The number of halogens is 1. The van der Waals surface area contributed by atoms with E-state index in [2.05, 4.69) is 20.6 Å². The molecule has 0 amide bonds. The van der Waals surface area contributed by atoms with Gasteiger partial charge >= 0.3 is 0 Å². The summed E-state index contributed by atoms with van der Waals surface area (Å²) in [7, 11) is 0. The van der Waals surface area contributed by atoms with Gasteiger partial charge in [-0.15, -0.1) is 0 Å². The maximum Gasteiger partial charge on any atom is 0.216 e. The first-order chi connectivity index (χ1) is 13.5. The monoisotopic (exact) mass is 388 g/mol. The van der Waals surface area contributed by atoms with Crippen LogP contribution in [0.3, 0.4) is 0 Å². The van der Waals surface area contributed by atoms with E-state index in [1.807, 2.05) is 33.8 Å². The second-order valence-corrected chi connectivity index (χ2v) is 7.25. The number of nitrogens with one attached hydrogen (secondary N) is 2. The standard InChI is InChI=1S/C21H29FN4O2/c1-5-23-21(24-11-20-25-13(2)15(4)28-20)26-14(3)17-8-9-19(18(22)10-17)27-12-16-6-7-16/h8-10,14,16H,5-7,11-12H2,1-4H3,(H2,23,24,26). The van der Waals surface area contributed by atoms with Crippen LogP contribution in [-0.4, -0.2) is 24.1 Å². The minimum atomic E-state index is -0.334. The van der Waals surface area contributed by atoms with Crippen LogP contribution in [0.25, 0.3) is 0 Å². The fourth-order valence-corrected chi connectivity index (χ4v) is 2.76. The van der Waals surface area contributed by atoms with Crippen molar-refractivity contribution in [1.82, 2.24) is 15.6 Å². The third kappa shape index (κ3) is 5.47. The van der Waals surface area contributed by atoms with Crippen molar-refractivity contribution in [3.8, 4) is 5.75 Å². The predicted molar refractivity (Wildman–Crippen MR) is 107 cm³/mol. The van der Waals surface area contributed by atoms with Crippen molar-refractivity contribution in [2.24, 2.45) is 10.9 Å². The number of hydrogen-bond donors (Lipinski definition) is 2. The molecule has 152 valence electrons. The van der Waals surface area contributed by atoms with Gasteiger partial charge in [0.15, 0.2) is 17.5 Å². The summed E-state index contributed by atoms with van der Waals surface area (Å²) in [5.74, 6) is 2.57. The van der Waals surface area contributed by atoms with Gasteiger partial charge in [-0.1, -0.05) is 6.07 Å². The SMILES string of the molecule is CCNC(=NCc1nc(C)c(C)o1)NC(C)c1ccc(OCC2CC2)c(F)c1. The molecule has 1 fully saturated rings. The third-order valence-electron chi connectivity index (χ3n) is 4.77. The van der Waals surface area contributed by atoms with Crippen LogP contribution in [0, 0.1) is 25.6 Å². The number of aryl methyl sites for hydroxylation is 2. The Bertz CT molecular complexity index is 810. The molecule has 1 unspecified atom stereocenters. The molecule has 7 heteroatoms. The zero-order valence-corrected chi connectivity index (χ0v) is 17.0. The van der Waals surface area contributed by atoms with Gasteiger partial charge < -0.3 is 19.8 Å². The third-order valence-corrected chi connectivity index (χ3v) is 4.77. The molecule has 28 heavy (non-hydrogen) atoms. The normalized spacial score (nSPS) is 15.4. The molecular formula is C21H29FN4O2. The molecule has 2 N–H and O–H groups in total. The summed E-state index contributed by atoms with van der Waals surface area (Å²) in [6.07, 6.45) is 2.36. The van der Waals surface area contributed by atoms with Gasteiger partial charge in [-0.05, 0) is 64.2 Å². The number of hydrogen-bond acceptors (Lipinski definition) is 4. The molecule has 1 heterocycles. The lowest BCUT2D eigenvalue weighted by atomic mass is 10.1. The van der Waals surface area contributed by atoms with Gasteiger partial charge in [0.05, 0.1) is 18.3 Å². The van der Waals surface area contributed by atoms with E-state index in [9.17, 15) is 4.39 Å². The van der Waals surface area contributed by atoms with Crippen LogP contribution in [0.5, 0.6) is 5.75 Å². The molecule has 0 aliphatic heterocycles. The highest BCUT2D eigenvalue weighted by molar-refractivity contribution is 5.80. The van der Waals surface area contributed by atoms with E-state index in [1.54, 1.807) is 6.07 Å². The van der Waals surface area contributed by atoms with Gasteiger partial charge in [0, 0.05) is 6.54 Å². The second kappa shape index (κ2) is 9.08. The molecule has 1 aromatic heterocycles. The summed E-state index contributed by atoms with van der Waals surface area (Å²) in [5.41, 5.74) is 1.70. The summed E-state index contributed by atoms with van der Waals surface area (Å²) < 4.78 is 25.5. The van der Waals surface area contributed by atoms with Crippen molar-refractivity contribution >= 4 is 5.96 Å². The average molecular weight is 388 g/mol. The summed E-state index contributed by atoms with van der Waals surface area (Å²) in [6.45, 7) is 9.39. The molecule has 0 bridgehead atoms. The molecular weight excluding hydrogens is 359 g/mol. The largest absolute Gasteiger partial charge is 0.490 e. The molecule has 1 aliphatic rings. The highest BCUT2D eigenvalue weighted by atomic mass is 19.1. The summed E-state index contributed by atoms with van der Waals surface area (Å²) >= 11 is 0. The van der Waals surface area contributed by atoms with E-state index < -0.39 is 0 Å². The first kappa shape index (κ1) is 20.2. The minimum Gasteiger partial charge on any atom is -0.490 e. The fraction of sp³-hybridized carbons (Fsp3) is 0.524. The van der Waals surface area contributed by atoms with Gasteiger partial charge in [0.2, 0.25) is 5.89 Å². The Morgan fingerprint density at radius 1 is 1.39 bits per heavy atom. The maximum atomic E-state index is 14.4. The van der Waals surface area contributed by atoms with E-state index in [1.165, 1.54) is 18.9 Å². The number of aliphatic imine (C=N–C) groups is 1. The van der Waals surface area contributed by atoms with Gasteiger partial charge in [-0.3, -0.25) is 0 Å². The number of guanidine groups is 1. The van der Waals surface area contributed by atoms with Crippen molar-refractivity contribution in [2.45, 2.75) is 53.1 Å². The van der Waals surface area contributed by atoms with Crippen LogP contribution in [0.4, 0.5) is 4.39 Å². The predicted octanol–water partition coefficient (Wildman–Crippen LogP) is 4.04. The first-order valence-corrected chi connectivity index (χ1v) is 9.86. The Kier molecular flexibility index (Phi) is 6.54. The minimum absolute atomic E-state index is 0.127. The Morgan fingerprint density at radius 2 is 2.18 bits per heavy atom. The Hall–Kier alpha value is -2.57. The summed E-state index contributed by atoms with van der Waals surface area (Å²) in [5, 5.41) is 6.49. The van der Waals surface area contributed by atoms with E-state index in [4.69, 9.17) is 9.15 Å². The highest BCUT2D eigenvalue weighted by Gasteiger charge is 2.22. The lowest BCUT2D eigenvalue weighted by Crippen LogP contribution is -2.38. The van der Waals surface area contributed by atoms with Gasteiger partial charge in [-0.2, -0.15) is 0 Å². The molecule has 1 atom stereocenters. The second-order valence-electron chi connectivity index (χ2n) is 7.25. The van der Waals surface area contributed by atoms with Crippen LogP contribution >= 0.6 is 0 Å². The summed E-state index contributed by atoms with van der Waals surface area (Å²) in [6, 6.07) is 4.98. The van der Waals surface area contributed by atoms with E-state index in [0.717, 1.165) is 17.0 Å². The van der Waals surface area contributed by atoms with Crippen molar-refractivity contribution < 1.29 is 13.5 Å². The molecule has 0 radical (unpaired) electrons. The van der Waals surface area contributed by atoms with Crippen molar-refractivity contribution in [3.05, 3.63) is 46.9 Å². The van der Waals surface area contributed by atoms with Crippen LogP contribution in [0.2, 0.25) is 0 Å². The molecule has 0 spiro atoms. The zero-order valence-electron chi connectivity index (χ0n) is 17.0. The van der Waals surface area contributed by atoms with E-state index in [0.29, 0.717) is 43.2 Å². The number of oxazole rings is 1. The molecule has 1 aromatic carbocycles. The van der Waals surface area contributed by atoms with Crippen LogP contribution in [0.1, 0.15) is 55.6 Å². The lowest BCUT2D eigenvalue weighted by molar-refractivity contribution is 0.285. The quantitative estimate of drug-likeness (QED) is 0.528. The zero-order chi connectivity index (χ0) is 20.1. The number of benzene rings is 1. The van der Waals surface area contributed by atoms with E-state index in [-0.39, 0.29) is 11.9 Å². The number of rotatable bonds is 8. The average Bonchev–Trinajstić information content (AvgIpc) is 3.43. The molecule has 3 rings (SSSR count). The Labute approximate surface area is 165 Å². The first-order valence-electron chi connectivity index (χ1n) is 9.86. The molecule has 0 saturated heterocycles. The van der Waals surface area contributed by atoms with Gasteiger partial charge in [-0.25, -0.2) is 14.4 Å². The highest BCUT2D eigenvalue weighted by Crippen LogP contribution is 2.30. The van der Waals surface area contributed by atoms with Crippen LogP contribution in [0.15, 0.2) is 27.6 Å². The number of ether oxygens (including phenoxy) is 1. The Balaban J connectivity index is 1.62. The van der Waals surface area contributed by atoms with Crippen LogP contribution in [-0.2, 0) is 6.54 Å². The fourth-order valence-electron chi connectivity index (χ4n) is 2.76.